The molecule has 1 atom stereocenters. The molecule has 0 bridgehead atoms. The highest BCUT2D eigenvalue weighted by molar-refractivity contribution is 5.79. The van der Waals surface area contributed by atoms with Crippen molar-refractivity contribution in [1.29, 1.82) is 0 Å². The number of furan rings is 1. The zero-order chi connectivity index (χ0) is 18.6. The summed E-state index contributed by atoms with van der Waals surface area (Å²) < 4.78 is 7.49. The van der Waals surface area contributed by atoms with Crippen LogP contribution in [0.25, 0.3) is 0 Å². The summed E-state index contributed by atoms with van der Waals surface area (Å²) >= 11 is 0. The smallest absolute Gasteiger partial charge is 0.224 e. The summed E-state index contributed by atoms with van der Waals surface area (Å²) in [6, 6.07) is 3.81. The first-order chi connectivity index (χ1) is 11.8. The molecule has 0 saturated heterocycles. The number of carbonyl (C=O) groups excluding carboxylic acids is 1. The number of carbonyl (C=O) groups is 1. The number of hydrogen-bond donors (Lipinski definition) is 1. The van der Waals surface area contributed by atoms with Gasteiger partial charge in [-0.25, -0.2) is 0 Å². The molecule has 0 aliphatic carbocycles. The average molecular weight is 346 g/mol. The monoisotopic (exact) mass is 346 g/mol. The Hall–Kier alpha value is -2.08. The average Bonchev–Trinajstić information content (AvgIpc) is 3.12. The maximum absolute atomic E-state index is 12.4. The van der Waals surface area contributed by atoms with Crippen molar-refractivity contribution in [3.63, 3.8) is 0 Å². The fourth-order valence-corrected chi connectivity index (χ4v) is 2.97. The van der Waals surface area contributed by atoms with Gasteiger partial charge < -0.3 is 9.73 Å². The molecule has 0 saturated carbocycles. The molecule has 1 amide bonds. The lowest BCUT2D eigenvalue weighted by atomic mass is 10.1. The summed E-state index contributed by atoms with van der Waals surface area (Å²) in [7, 11) is 3.95. The number of rotatable bonds is 8. The lowest BCUT2D eigenvalue weighted by molar-refractivity contribution is -0.120. The van der Waals surface area contributed by atoms with E-state index in [9.17, 15) is 4.79 Å². The van der Waals surface area contributed by atoms with Gasteiger partial charge >= 0.3 is 0 Å². The lowest BCUT2D eigenvalue weighted by Crippen LogP contribution is -2.35. The van der Waals surface area contributed by atoms with E-state index in [0.29, 0.717) is 18.9 Å². The third kappa shape index (κ3) is 4.95. The topological polar surface area (TPSA) is 63.3 Å². The van der Waals surface area contributed by atoms with E-state index < -0.39 is 0 Å². The van der Waals surface area contributed by atoms with E-state index in [1.165, 1.54) is 0 Å². The molecule has 6 nitrogen and oxygen atoms in total. The standard InChI is InChI=1S/C19H30N4O2/c1-13(2)12-23-15(4)16(14(3)21-23)10-19(24)20-11-17(22(5)6)18-8-7-9-25-18/h7-9,13,17H,10-12H2,1-6H3,(H,20,24)/t17-/m0/s1. The van der Waals surface area contributed by atoms with Crippen LogP contribution in [0.1, 0.15) is 42.6 Å². The van der Waals surface area contributed by atoms with Gasteiger partial charge in [0.15, 0.2) is 0 Å². The van der Waals surface area contributed by atoms with E-state index in [1.807, 2.05) is 49.7 Å². The van der Waals surface area contributed by atoms with Crippen molar-refractivity contribution in [3.8, 4) is 0 Å². The summed E-state index contributed by atoms with van der Waals surface area (Å²) in [6.07, 6.45) is 2.01. The molecule has 0 spiro atoms. The zero-order valence-corrected chi connectivity index (χ0v) is 16.2. The molecule has 0 aromatic carbocycles. The number of nitrogens with one attached hydrogen (secondary N) is 1. The van der Waals surface area contributed by atoms with E-state index in [0.717, 1.165) is 29.3 Å². The molecular weight excluding hydrogens is 316 g/mol. The normalized spacial score (nSPS) is 12.8. The largest absolute Gasteiger partial charge is 0.468 e. The van der Waals surface area contributed by atoms with Crippen LogP contribution in [0, 0.1) is 19.8 Å². The van der Waals surface area contributed by atoms with Crippen LogP contribution in [-0.2, 0) is 17.8 Å². The second-order valence-corrected chi connectivity index (χ2v) is 7.20. The Morgan fingerprint density at radius 2 is 2.08 bits per heavy atom. The van der Waals surface area contributed by atoms with Crippen LogP contribution in [0.4, 0.5) is 0 Å². The number of hydrogen-bond acceptors (Lipinski definition) is 4. The van der Waals surface area contributed by atoms with Crippen LogP contribution in [0.15, 0.2) is 22.8 Å². The van der Waals surface area contributed by atoms with Crippen molar-refractivity contribution in [3.05, 3.63) is 41.1 Å². The van der Waals surface area contributed by atoms with Crippen molar-refractivity contribution < 1.29 is 9.21 Å². The van der Waals surface area contributed by atoms with E-state index in [-0.39, 0.29) is 11.9 Å². The van der Waals surface area contributed by atoms with Gasteiger partial charge in [-0.15, -0.1) is 0 Å². The molecule has 6 heteroatoms. The van der Waals surface area contributed by atoms with Crippen molar-refractivity contribution in [2.24, 2.45) is 5.92 Å². The summed E-state index contributed by atoms with van der Waals surface area (Å²) in [4.78, 5) is 14.5. The first kappa shape index (κ1) is 19.2. The van der Waals surface area contributed by atoms with Gasteiger partial charge in [0.25, 0.3) is 0 Å². The molecule has 2 rings (SSSR count). The Bertz CT molecular complexity index is 687. The number of nitrogens with zero attached hydrogens (tertiary/aromatic N) is 3. The molecule has 0 unspecified atom stereocenters. The fraction of sp³-hybridized carbons (Fsp3) is 0.579. The van der Waals surface area contributed by atoms with Gasteiger partial charge in [0.05, 0.1) is 24.4 Å². The van der Waals surface area contributed by atoms with Crippen LogP contribution < -0.4 is 5.32 Å². The third-order valence-electron chi connectivity index (χ3n) is 4.39. The molecule has 2 heterocycles. The maximum Gasteiger partial charge on any atom is 0.224 e. The predicted octanol–water partition coefficient (Wildman–Crippen LogP) is 2.71. The SMILES string of the molecule is Cc1nn(CC(C)C)c(C)c1CC(=O)NC[C@@H](c1ccco1)N(C)C. The Balaban J connectivity index is 1.99. The Kier molecular flexibility index (Phi) is 6.42. The first-order valence-corrected chi connectivity index (χ1v) is 8.79. The molecule has 0 fully saturated rings. The van der Waals surface area contributed by atoms with Crippen LogP contribution in [-0.4, -0.2) is 41.2 Å². The molecule has 138 valence electrons. The quantitative estimate of drug-likeness (QED) is 0.798. The van der Waals surface area contributed by atoms with Crippen molar-refractivity contribution in [2.45, 2.75) is 46.7 Å². The minimum atomic E-state index is 0.00806. The summed E-state index contributed by atoms with van der Waals surface area (Å²) in [5.74, 6) is 1.38. The van der Waals surface area contributed by atoms with Crippen molar-refractivity contribution in [2.75, 3.05) is 20.6 Å². The second-order valence-electron chi connectivity index (χ2n) is 7.20. The van der Waals surface area contributed by atoms with Crippen LogP contribution in [0.3, 0.4) is 0 Å². The molecule has 25 heavy (non-hydrogen) atoms. The summed E-state index contributed by atoms with van der Waals surface area (Å²) in [6.45, 7) is 9.72. The molecule has 2 aromatic rings. The second kappa shape index (κ2) is 8.34. The van der Waals surface area contributed by atoms with Crippen LogP contribution >= 0.6 is 0 Å². The predicted molar refractivity (Wildman–Crippen MR) is 98.4 cm³/mol. The third-order valence-corrected chi connectivity index (χ3v) is 4.39. The van der Waals surface area contributed by atoms with E-state index in [4.69, 9.17) is 4.42 Å². The number of amides is 1. The van der Waals surface area contributed by atoms with Crippen LogP contribution in [0.2, 0.25) is 0 Å². The van der Waals surface area contributed by atoms with Crippen molar-refractivity contribution in [1.82, 2.24) is 20.0 Å². The number of aromatic nitrogens is 2. The molecular formula is C19H30N4O2. The van der Waals surface area contributed by atoms with Gasteiger partial charge in [0, 0.05) is 24.3 Å². The highest BCUT2D eigenvalue weighted by Crippen LogP contribution is 2.18. The highest BCUT2D eigenvalue weighted by atomic mass is 16.3. The van der Waals surface area contributed by atoms with Gasteiger partial charge in [0.2, 0.25) is 5.91 Å². The number of aryl methyl sites for hydroxylation is 1. The zero-order valence-electron chi connectivity index (χ0n) is 16.2. The highest BCUT2D eigenvalue weighted by Gasteiger charge is 2.19. The Morgan fingerprint density at radius 1 is 1.36 bits per heavy atom. The molecule has 1 N–H and O–H groups in total. The van der Waals surface area contributed by atoms with E-state index >= 15 is 0 Å². The minimum Gasteiger partial charge on any atom is -0.468 e. The van der Waals surface area contributed by atoms with Crippen molar-refractivity contribution >= 4 is 5.91 Å². The molecule has 0 aliphatic rings. The van der Waals surface area contributed by atoms with Gasteiger partial charge in [-0.3, -0.25) is 14.4 Å². The van der Waals surface area contributed by atoms with Gasteiger partial charge in [0.1, 0.15) is 5.76 Å². The van der Waals surface area contributed by atoms with Gasteiger partial charge in [-0.2, -0.15) is 5.10 Å². The van der Waals surface area contributed by atoms with Gasteiger partial charge in [-0.1, -0.05) is 13.8 Å². The minimum absolute atomic E-state index is 0.00806. The fourth-order valence-electron chi connectivity index (χ4n) is 2.97. The number of likely N-dealkylation sites (N-methyl/N-ethyl adjacent to an activating group) is 1. The molecule has 2 aromatic heterocycles. The molecule has 0 radical (unpaired) electrons. The Labute approximate surface area is 150 Å². The summed E-state index contributed by atoms with van der Waals surface area (Å²) in [5, 5.41) is 7.61. The van der Waals surface area contributed by atoms with Gasteiger partial charge in [-0.05, 0) is 46.0 Å². The first-order valence-electron chi connectivity index (χ1n) is 8.79. The maximum atomic E-state index is 12.4. The van der Waals surface area contributed by atoms with E-state index in [2.05, 4.69) is 24.3 Å². The molecule has 0 aliphatic heterocycles. The lowest BCUT2D eigenvalue weighted by Gasteiger charge is -2.22. The van der Waals surface area contributed by atoms with E-state index in [1.54, 1.807) is 6.26 Å². The van der Waals surface area contributed by atoms with Crippen LogP contribution in [0.5, 0.6) is 0 Å². The summed E-state index contributed by atoms with van der Waals surface area (Å²) in [5.41, 5.74) is 3.04. The Morgan fingerprint density at radius 3 is 2.64 bits per heavy atom.